The third-order valence-electron chi connectivity index (χ3n) is 2.97. The lowest BCUT2D eigenvalue weighted by Gasteiger charge is -2.19. The minimum Gasteiger partial charge on any atom is -0.459 e. The van der Waals surface area contributed by atoms with Crippen LogP contribution in [0.15, 0.2) is 18.3 Å². The van der Waals surface area contributed by atoms with E-state index < -0.39 is 0 Å². The Morgan fingerprint density at radius 1 is 1.40 bits per heavy atom. The van der Waals surface area contributed by atoms with Crippen LogP contribution < -0.4 is 0 Å². The van der Waals surface area contributed by atoms with E-state index in [1.807, 2.05) is 18.3 Å². The standard InChI is InChI=1S/C12H17NO2/c14-12(10-5-2-1-3-6-10)15-9-11-7-4-8-13-11/h4,7-8,10,13H,1-3,5-6,9H2. The van der Waals surface area contributed by atoms with Crippen molar-refractivity contribution < 1.29 is 9.53 Å². The third-order valence-corrected chi connectivity index (χ3v) is 2.97. The van der Waals surface area contributed by atoms with Crippen molar-refractivity contribution in [2.75, 3.05) is 0 Å². The minimum atomic E-state index is -0.0238. The van der Waals surface area contributed by atoms with Gasteiger partial charge in [-0.3, -0.25) is 4.79 Å². The molecule has 0 aliphatic heterocycles. The summed E-state index contributed by atoms with van der Waals surface area (Å²) in [5.41, 5.74) is 0.958. The number of H-pyrrole nitrogens is 1. The van der Waals surface area contributed by atoms with E-state index in [1.165, 1.54) is 19.3 Å². The van der Waals surface area contributed by atoms with E-state index in [2.05, 4.69) is 4.98 Å². The van der Waals surface area contributed by atoms with Crippen LogP contribution in [0, 0.1) is 5.92 Å². The fraction of sp³-hybridized carbons (Fsp3) is 0.583. The highest BCUT2D eigenvalue weighted by molar-refractivity contribution is 5.72. The van der Waals surface area contributed by atoms with Gasteiger partial charge in [0.2, 0.25) is 0 Å². The summed E-state index contributed by atoms with van der Waals surface area (Å²) in [6, 6.07) is 3.83. The number of hydrogen-bond acceptors (Lipinski definition) is 2. The zero-order chi connectivity index (χ0) is 10.5. The Bertz CT molecular complexity index is 299. The maximum absolute atomic E-state index is 11.7. The molecule has 1 heterocycles. The zero-order valence-electron chi connectivity index (χ0n) is 8.87. The van der Waals surface area contributed by atoms with Gasteiger partial charge in [-0.1, -0.05) is 19.3 Å². The maximum atomic E-state index is 11.7. The highest BCUT2D eigenvalue weighted by Gasteiger charge is 2.22. The summed E-state index contributed by atoms with van der Waals surface area (Å²) in [5, 5.41) is 0. The Kier molecular flexibility index (Phi) is 3.43. The maximum Gasteiger partial charge on any atom is 0.309 e. The van der Waals surface area contributed by atoms with E-state index in [9.17, 15) is 4.79 Å². The van der Waals surface area contributed by atoms with Crippen molar-refractivity contribution in [2.24, 2.45) is 5.92 Å². The van der Waals surface area contributed by atoms with Crippen LogP contribution in [-0.2, 0) is 16.1 Å². The predicted octanol–water partition coefficient (Wildman–Crippen LogP) is 2.64. The molecular weight excluding hydrogens is 190 g/mol. The summed E-state index contributed by atoms with van der Waals surface area (Å²) in [4.78, 5) is 14.7. The van der Waals surface area contributed by atoms with Crippen LogP contribution in [0.3, 0.4) is 0 Å². The van der Waals surface area contributed by atoms with Crippen molar-refractivity contribution in [3.8, 4) is 0 Å². The lowest BCUT2D eigenvalue weighted by atomic mass is 9.89. The average Bonchev–Trinajstić information content (AvgIpc) is 2.80. The van der Waals surface area contributed by atoms with Gasteiger partial charge in [0, 0.05) is 6.20 Å². The molecule has 15 heavy (non-hydrogen) atoms. The first-order chi connectivity index (χ1) is 7.36. The van der Waals surface area contributed by atoms with Gasteiger partial charge in [-0.15, -0.1) is 0 Å². The zero-order valence-corrected chi connectivity index (χ0v) is 8.87. The van der Waals surface area contributed by atoms with Crippen LogP contribution >= 0.6 is 0 Å². The van der Waals surface area contributed by atoms with Crippen molar-refractivity contribution in [3.63, 3.8) is 0 Å². The molecule has 82 valence electrons. The van der Waals surface area contributed by atoms with E-state index in [1.54, 1.807) is 0 Å². The molecule has 1 aliphatic rings. The van der Waals surface area contributed by atoms with E-state index in [0.717, 1.165) is 18.5 Å². The molecule has 0 atom stereocenters. The number of nitrogens with one attached hydrogen (secondary N) is 1. The Labute approximate surface area is 89.8 Å². The van der Waals surface area contributed by atoms with Crippen LogP contribution in [0.25, 0.3) is 0 Å². The smallest absolute Gasteiger partial charge is 0.309 e. The Hall–Kier alpha value is -1.25. The number of carbonyl (C=O) groups is 1. The molecule has 3 nitrogen and oxygen atoms in total. The fourth-order valence-electron chi connectivity index (χ4n) is 2.06. The van der Waals surface area contributed by atoms with Crippen molar-refractivity contribution in [1.82, 2.24) is 4.98 Å². The second-order valence-electron chi connectivity index (χ2n) is 4.14. The lowest BCUT2D eigenvalue weighted by molar-refractivity contribution is -0.151. The molecule has 1 aromatic rings. The molecule has 0 aromatic carbocycles. The topological polar surface area (TPSA) is 42.1 Å². The molecule has 0 saturated heterocycles. The van der Waals surface area contributed by atoms with Gasteiger partial charge in [0.25, 0.3) is 0 Å². The summed E-state index contributed by atoms with van der Waals surface area (Å²) in [5.74, 6) is 0.123. The molecule has 1 saturated carbocycles. The van der Waals surface area contributed by atoms with Gasteiger partial charge in [0.1, 0.15) is 6.61 Å². The summed E-state index contributed by atoms with van der Waals surface area (Å²) >= 11 is 0. The van der Waals surface area contributed by atoms with Gasteiger partial charge >= 0.3 is 5.97 Å². The molecule has 0 bridgehead atoms. The second kappa shape index (κ2) is 5.01. The fourth-order valence-corrected chi connectivity index (χ4v) is 2.06. The Morgan fingerprint density at radius 3 is 2.87 bits per heavy atom. The van der Waals surface area contributed by atoms with E-state index >= 15 is 0 Å². The van der Waals surface area contributed by atoms with Crippen molar-refractivity contribution in [1.29, 1.82) is 0 Å². The first-order valence-corrected chi connectivity index (χ1v) is 5.65. The van der Waals surface area contributed by atoms with Crippen LogP contribution in [0.5, 0.6) is 0 Å². The molecule has 0 radical (unpaired) electrons. The van der Waals surface area contributed by atoms with Crippen LogP contribution in [0.1, 0.15) is 37.8 Å². The Balaban J connectivity index is 1.76. The largest absolute Gasteiger partial charge is 0.459 e. The SMILES string of the molecule is O=C(OCc1ccc[nH]1)C1CCCCC1. The summed E-state index contributed by atoms with van der Waals surface area (Å²) < 4.78 is 5.26. The summed E-state index contributed by atoms with van der Waals surface area (Å²) in [6.45, 7) is 0.377. The van der Waals surface area contributed by atoms with Gasteiger partial charge in [-0.05, 0) is 25.0 Å². The molecular formula is C12H17NO2. The highest BCUT2D eigenvalue weighted by Crippen LogP contribution is 2.24. The van der Waals surface area contributed by atoms with E-state index in [0.29, 0.717) is 6.61 Å². The van der Waals surface area contributed by atoms with Crippen molar-refractivity contribution in [2.45, 2.75) is 38.7 Å². The highest BCUT2D eigenvalue weighted by atomic mass is 16.5. The molecule has 1 fully saturated rings. The molecule has 1 N–H and O–H groups in total. The van der Waals surface area contributed by atoms with Gasteiger partial charge in [-0.25, -0.2) is 0 Å². The number of ether oxygens (including phenoxy) is 1. The van der Waals surface area contributed by atoms with Gasteiger partial charge in [0.15, 0.2) is 0 Å². The number of aromatic amines is 1. The Morgan fingerprint density at radius 2 is 2.20 bits per heavy atom. The molecule has 3 heteroatoms. The van der Waals surface area contributed by atoms with Gasteiger partial charge in [0.05, 0.1) is 11.6 Å². The van der Waals surface area contributed by atoms with Gasteiger partial charge in [-0.2, -0.15) is 0 Å². The predicted molar refractivity (Wildman–Crippen MR) is 57.2 cm³/mol. The summed E-state index contributed by atoms with van der Waals surface area (Å²) in [6.07, 6.45) is 7.45. The third kappa shape index (κ3) is 2.85. The van der Waals surface area contributed by atoms with E-state index in [-0.39, 0.29) is 11.9 Å². The minimum absolute atomic E-state index is 0.0238. The van der Waals surface area contributed by atoms with Gasteiger partial charge < -0.3 is 9.72 Å². The molecule has 1 aromatic heterocycles. The van der Waals surface area contributed by atoms with Crippen molar-refractivity contribution >= 4 is 5.97 Å². The molecule has 1 aliphatic carbocycles. The molecule has 0 unspecified atom stereocenters. The number of carbonyl (C=O) groups excluding carboxylic acids is 1. The number of rotatable bonds is 3. The first kappa shape index (κ1) is 10.3. The monoisotopic (exact) mass is 207 g/mol. The molecule has 2 rings (SSSR count). The quantitative estimate of drug-likeness (QED) is 0.774. The summed E-state index contributed by atoms with van der Waals surface area (Å²) in [7, 11) is 0. The van der Waals surface area contributed by atoms with Crippen LogP contribution in [0.4, 0.5) is 0 Å². The van der Waals surface area contributed by atoms with Crippen LogP contribution in [0.2, 0.25) is 0 Å². The molecule has 0 amide bonds. The van der Waals surface area contributed by atoms with E-state index in [4.69, 9.17) is 4.74 Å². The lowest BCUT2D eigenvalue weighted by Crippen LogP contribution is -2.20. The normalized spacial score (nSPS) is 17.6. The number of hydrogen-bond donors (Lipinski definition) is 1. The second-order valence-corrected chi connectivity index (χ2v) is 4.14. The van der Waals surface area contributed by atoms with Crippen LogP contribution in [-0.4, -0.2) is 11.0 Å². The van der Waals surface area contributed by atoms with Crippen molar-refractivity contribution in [3.05, 3.63) is 24.0 Å². The first-order valence-electron chi connectivity index (χ1n) is 5.65. The number of aromatic nitrogens is 1. The molecule has 0 spiro atoms. The average molecular weight is 207 g/mol. The number of esters is 1.